The van der Waals surface area contributed by atoms with Crippen LogP contribution in [0, 0.1) is 11.3 Å². The Hall–Kier alpha value is -1.24. The molecule has 0 aliphatic carbocycles. The van der Waals surface area contributed by atoms with Crippen LogP contribution in [0.4, 0.5) is 5.69 Å². The fourth-order valence-corrected chi connectivity index (χ4v) is 2.00. The predicted molar refractivity (Wildman–Crippen MR) is 70.4 cm³/mol. The van der Waals surface area contributed by atoms with E-state index in [-0.39, 0.29) is 6.61 Å². The van der Waals surface area contributed by atoms with Gasteiger partial charge in [-0.05, 0) is 38.5 Å². The van der Waals surface area contributed by atoms with Crippen LogP contribution < -0.4 is 4.90 Å². The molecule has 0 spiro atoms. The van der Waals surface area contributed by atoms with Crippen LogP contribution in [0.15, 0.2) is 18.2 Å². The number of hydrogen-bond donors (Lipinski definition) is 1. The van der Waals surface area contributed by atoms with Crippen molar-refractivity contribution in [2.24, 2.45) is 0 Å². The molecule has 0 fully saturated rings. The van der Waals surface area contributed by atoms with Crippen LogP contribution in [0.1, 0.15) is 25.8 Å². The molecule has 1 aromatic carbocycles. The highest BCUT2D eigenvalue weighted by Crippen LogP contribution is 2.28. The Bertz CT molecular complexity index is 412. The normalized spacial score (nSPS) is 10.4. The van der Waals surface area contributed by atoms with E-state index in [1.54, 1.807) is 12.1 Å². The SMILES string of the molecule is CC(C)N(CCCO)c1ccc(C#N)cc1Cl. The lowest BCUT2D eigenvalue weighted by molar-refractivity contribution is 0.288. The molecule has 1 aromatic rings. The van der Waals surface area contributed by atoms with Crippen molar-refractivity contribution in [3.8, 4) is 6.07 Å². The summed E-state index contributed by atoms with van der Waals surface area (Å²) >= 11 is 6.17. The molecular formula is C13H17ClN2O. The summed E-state index contributed by atoms with van der Waals surface area (Å²) in [6, 6.07) is 7.65. The summed E-state index contributed by atoms with van der Waals surface area (Å²) in [5.41, 5.74) is 1.47. The van der Waals surface area contributed by atoms with Crippen LogP contribution in [-0.2, 0) is 0 Å². The van der Waals surface area contributed by atoms with Gasteiger partial charge in [0.15, 0.2) is 0 Å². The number of anilines is 1. The Morgan fingerprint density at radius 1 is 1.47 bits per heavy atom. The van der Waals surface area contributed by atoms with Gasteiger partial charge in [0, 0.05) is 19.2 Å². The molecule has 17 heavy (non-hydrogen) atoms. The maximum Gasteiger partial charge on any atom is 0.0992 e. The fraction of sp³-hybridized carbons (Fsp3) is 0.462. The molecule has 3 nitrogen and oxygen atoms in total. The summed E-state index contributed by atoms with van der Waals surface area (Å²) in [6.45, 7) is 5.06. The molecular weight excluding hydrogens is 236 g/mol. The monoisotopic (exact) mass is 252 g/mol. The first-order chi connectivity index (χ1) is 8.10. The van der Waals surface area contributed by atoms with Gasteiger partial charge in [0.2, 0.25) is 0 Å². The van der Waals surface area contributed by atoms with Crippen molar-refractivity contribution in [1.82, 2.24) is 0 Å². The van der Waals surface area contributed by atoms with Crippen LogP contribution in [0.5, 0.6) is 0 Å². The molecule has 1 rings (SSSR count). The van der Waals surface area contributed by atoms with Gasteiger partial charge in [0.1, 0.15) is 0 Å². The van der Waals surface area contributed by atoms with Crippen molar-refractivity contribution in [3.05, 3.63) is 28.8 Å². The molecule has 4 heteroatoms. The lowest BCUT2D eigenvalue weighted by Gasteiger charge is -2.29. The zero-order chi connectivity index (χ0) is 12.8. The van der Waals surface area contributed by atoms with E-state index < -0.39 is 0 Å². The van der Waals surface area contributed by atoms with Crippen LogP contribution in [-0.4, -0.2) is 24.3 Å². The zero-order valence-corrected chi connectivity index (χ0v) is 10.9. The number of aliphatic hydroxyl groups is 1. The Labute approximate surface area is 107 Å². The van der Waals surface area contributed by atoms with Crippen molar-refractivity contribution in [2.45, 2.75) is 26.3 Å². The van der Waals surface area contributed by atoms with E-state index in [0.29, 0.717) is 23.0 Å². The maximum atomic E-state index is 8.89. The summed E-state index contributed by atoms with van der Waals surface area (Å²) in [7, 11) is 0. The average Bonchev–Trinajstić information content (AvgIpc) is 2.30. The van der Waals surface area contributed by atoms with Crippen molar-refractivity contribution in [1.29, 1.82) is 5.26 Å². The highest BCUT2D eigenvalue weighted by atomic mass is 35.5. The van der Waals surface area contributed by atoms with Gasteiger partial charge in [0.25, 0.3) is 0 Å². The second-order valence-corrected chi connectivity index (χ2v) is 4.55. The molecule has 0 aliphatic heterocycles. The minimum absolute atomic E-state index is 0.164. The quantitative estimate of drug-likeness (QED) is 0.877. The van der Waals surface area contributed by atoms with Gasteiger partial charge in [-0.15, -0.1) is 0 Å². The molecule has 1 N–H and O–H groups in total. The van der Waals surface area contributed by atoms with Gasteiger partial charge in [0.05, 0.1) is 22.3 Å². The minimum atomic E-state index is 0.164. The fourth-order valence-electron chi connectivity index (χ4n) is 1.71. The van der Waals surface area contributed by atoms with Crippen molar-refractivity contribution in [3.63, 3.8) is 0 Å². The van der Waals surface area contributed by atoms with Crippen LogP contribution in [0.3, 0.4) is 0 Å². The molecule has 92 valence electrons. The summed E-state index contributed by atoms with van der Waals surface area (Å²) in [4.78, 5) is 2.12. The van der Waals surface area contributed by atoms with Crippen LogP contribution >= 0.6 is 11.6 Å². The van der Waals surface area contributed by atoms with Crippen molar-refractivity contribution >= 4 is 17.3 Å². The first-order valence-electron chi connectivity index (χ1n) is 5.67. The molecule has 0 heterocycles. The molecule has 0 atom stereocenters. The van der Waals surface area contributed by atoms with Crippen LogP contribution in [0.2, 0.25) is 5.02 Å². The average molecular weight is 253 g/mol. The summed E-state index contributed by atoms with van der Waals surface area (Å²) in [5, 5.41) is 18.3. The van der Waals surface area contributed by atoms with E-state index in [1.165, 1.54) is 0 Å². The van der Waals surface area contributed by atoms with E-state index in [2.05, 4.69) is 24.8 Å². The molecule has 0 amide bonds. The number of aliphatic hydroxyl groups excluding tert-OH is 1. The van der Waals surface area contributed by atoms with Gasteiger partial charge >= 0.3 is 0 Å². The van der Waals surface area contributed by atoms with Gasteiger partial charge in [-0.2, -0.15) is 5.26 Å². The molecule has 0 saturated heterocycles. The molecule has 0 unspecified atom stereocenters. The highest BCUT2D eigenvalue weighted by molar-refractivity contribution is 6.33. The molecule has 0 bridgehead atoms. The largest absolute Gasteiger partial charge is 0.396 e. The molecule has 0 radical (unpaired) electrons. The smallest absolute Gasteiger partial charge is 0.0992 e. The lowest BCUT2D eigenvalue weighted by atomic mass is 10.1. The second-order valence-electron chi connectivity index (χ2n) is 4.14. The summed E-state index contributed by atoms with van der Waals surface area (Å²) in [6.07, 6.45) is 0.703. The Morgan fingerprint density at radius 2 is 2.18 bits per heavy atom. The summed E-state index contributed by atoms with van der Waals surface area (Å²) in [5.74, 6) is 0. The second kappa shape index (κ2) is 6.48. The van der Waals surface area contributed by atoms with Crippen molar-refractivity contribution in [2.75, 3.05) is 18.1 Å². The first kappa shape index (κ1) is 13.8. The third kappa shape index (κ3) is 3.62. The van der Waals surface area contributed by atoms with E-state index in [1.807, 2.05) is 6.07 Å². The Kier molecular flexibility index (Phi) is 5.27. The minimum Gasteiger partial charge on any atom is -0.396 e. The van der Waals surface area contributed by atoms with Gasteiger partial charge < -0.3 is 10.0 Å². The van der Waals surface area contributed by atoms with E-state index in [4.69, 9.17) is 22.0 Å². The van der Waals surface area contributed by atoms with Crippen molar-refractivity contribution < 1.29 is 5.11 Å². The predicted octanol–water partition coefficient (Wildman–Crippen LogP) is 2.81. The molecule has 0 aromatic heterocycles. The number of nitrogens with zero attached hydrogens (tertiary/aromatic N) is 2. The summed E-state index contributed by atoms with van der Waals surface area (Å²) < 4.78 is 0. The van der Waals surface area contributed by atoms with Gasteiger partial charge in [-0.3, -0.25) is 0 Å². The number of benzene rings is 1. The standard InChI is InChI=1S/C13H17ClN2O/c1-10(2)16(6-3-7-17)13-5-4-11(9-15)8-12(13)14/h4-5,8,10,17H,3,6-7H2,1-2H3. The third-order valence-electron chi connectivity index (χ3n) is 2.57. The number of rotatable bonds is 5. The van der Waals surface area contributed by atoms with Crippen LogP contribution in [0.25, 0.3) is 0 Å². The van der Waals surface area contributed by atoms with E-state index in [9.17, 15) is 0 Å². The van der Waals surface area contributed by atoms with Gasteiger partial charge in [-0.1, -0.05) is 11.6 Å². The number of hydrogen-bond acceptors (Lipinski definition) is 3. The topological polar surface area (TPSA) is 47.3 Å². The first-order valence-corrected chi connectivity index (χ1v) is 6.05. The zero-order valence-electron chi connectivity index (χ0n) is 10.2. The van der Waals surface area contributed by atoms with E-state index in [0.717, 1.165) is 12.2 Å². The maximum absolute atomic E-state index is 8.89. The molecule has 0 aliphatic rings. The number of halogens is 1. The number of nitriles is 1. The Balaban J connectivity index is 2.98. The Morgan fingerprint density at radius 3 is 2.65 bits per heavy atom. The molecule has 0 saturated carbocycles. The third-order valence-corrected chi connectivity index (χ3v) is 2.87. The highest BCUT2D eigenvalue weighted by Gasteiger charge is 2.13. The lowest BCUT2D eigenvalue weighted by Crippen LogP contribution is -2.32. The van der Waals surface area contributed by atoms with Gasteiger partial charge in [-0.25, -0.2) is 0 Å². The van der Waals surface area contributed by atoms with E-state index >= 15 is 0 Å².